The third kappa shape index (κ3) is 4.60. The van der Waals surface area contributed by atoms with Crippen LogP contribution in [0.25, 0.3) is 0 Å². The average Bonchev–Trinajstić information content (AvgIpc) is 2.37. The summed E-state index contributed by atoms with van der Waals surface area (Å²) in [5.74, 6) is 6.81. The highest BCUT2D eigenvalue weighted by molar-refractivity contribution is 5.26. The Bertz CT molecular complexity index is 347. The number of nitrogens with zero attached hydrogens (tertiary/aromatic N) is 1. The molecule has 0 spiro atoms. The van der Waals surface area contributed by atoms with Gasteiger partial charge in [0.1, 0.15) is 5.75 Å². The normalized spacial score (nSPS) is 14.2. The maximum absolute atomic E-state index is 5.61. The van der Waals surface area contributed by atoms with Crippen molar-refractivity contribution in [2.45, 2.75) is 26.3 Å². The van der Waals surface area contributed by atoms with Gasteiger partial charge in [-0.3, -0.25) is 16.3 Å². The van der Waals surface area contributed by atoms with Crippen LogP contribution in [0.3, 0.4) is 0 Å². The zero-order valence-electron chi connectivity index (χ0n) is 11.3. The number of methoxy groups -OCH3 is 1. The topological polar surface area (TPSA) is 69.4 Å². The van der Waals surface area contributed by atoms with Crippen LogP contribution in [0.15, 0.2) is 18.5 Å². The maximum atomic E-state index is 5.61. The van der Waals surface area contributed by atoms with Crippen molar-refractivity contribution >= 4 is 0 Å². The van der Waals surface area contributed by atoms with Crippen molar-refractivity contribution in [3.05, 3.63) is 24.0 Å². The molecule has 0 bridgehead atoms. The number of rotatable bonds is 8. The molecule has 0 aromatic carbocycles. The number of hydrogen-bond acceptors (Lipinski definition) is 5. The quantitative estimate of drug-likeness (QED) is 0.544. The van der Waals surface area contributed by atoms with E-state index in [1.54, 1.807) is 13.3 Å². The van der Waals surface area contributed by atoms with E-state index in [0.717, 1.165) is 24.3 Å². The van der Waals surface area contributed by atoms with Crippen LogP contribution in [-0.4, -0.2) is 25.3 Å². The minimum Gasteiger partial charge on any atom is -0.492 e. The van der Waals surface area contributed by atoms with E-state index in [0.29, 0.717) is 12.5 Å². The Morgan fingerprint density at radius 1 is 1.44 bits per heavy atom. The Morgan fingerprint density at radius 2 is 2.22 bits per heavy atom. The fraction of sp³-hybridized carbons (Fsp3) is 0.615. The first-order valence-corrected chi connectivity index (χ1v) is 6.24. The minimum absolute atomic E-state index is 0.0584. The predicted octanol–water partition coefficient (Wildman–Crippen LogP) is 1.66. The number of nitrogens with two attached hydrogens (primary N) is 1. The van der Waals surface area contributed by atoms with Gasteiger partial charge in [-0.05, 0) is 30.9 Å². The second kappa shape index (κ2) is 8.02. The van der Waals surface area contributed by atoms with Crippen molar-refractivity contribution in [2.24, 2.45) is 11.8 Å². The highest BCUT2D eigenvalue weighted by atomic mass is 16.5. The van der Waals surface area contributed by atoms with E-state index in [1.165, 1.54) is 0 Å². The number of ether oxygens (including phenoxy) is 2. The maximum Gasteiger partial charge on any atom is 0.137 e. The van der Waals surface area contributed by atoms with Crippen molar-refractivity contribution < 1.29 is 9.47 Å². The first kappa shape index (κ1) is 14.9. The van der Waals surface area contributed by atoms with Crippen LogP contribution in [0.5, 0.6) is 5.75 Å². The lowest BCUT2D eigenvalue weighted by atomic mass is 9.98. The van der Waals surface area contributed by atoms with Gasteiger partial charge in [0.25, 0.3) is 0 Å². The lowest BCUT2D eigenvalue weighted by molar-refractivity contribution is 0.149. The van der Waals surface area contributed by atoms with Crippen molar-refractivity contribution in [3.63, 3.8) is 0 Å². The summed E-state index contributed by atoms with van der Waals surface area (Å²) in [5, 5.41) is 0. The standard InChI is InChI=1S/C13H23N3O2/c1-4-18-12-6-11(7-15-8-12)13(16-14)5-10(2)9-17-3/h6-8,10,13,16H,4-5,9,14H2,1-3H3. The Labute approximate surface area is 109 Å². The van der Waals surface area contributed by atoms with Crippen LogP contribution in [0, 0.1) is 5.92 Å². The molecule has 1 rings (SSSR count). The molecule has 102 valence electrons. The lowest BCUT2D eigenvalue weighted by Crippen LogP contribution is -2.30. The minimum atomic E-state index is 0.0584. The molecule has 1 aromatic rings. The number of aromatic nitrogens is 1. The van der Waals surface area contributed by atoms with E-state index in [1.807, 2.05) is 19.2 Å². The Morgan fingerprint density at radius 3 is 2.83 bits per heavy atom. The monoisotopic (exact) mass is 253 g/mol. The van der Waals surface area contributed by atoms with Crippen LogP contribution in [0.4, 0.5) is 0 Å². The smallest absolute Gasteiger partial charge is 0.137 e. The molecule has 18 heavy (non-hydrogen) atoms. The summed E-state index contributed by atoms with van der Waals surface area (Å²) in [6, 6.07) is 2.03. The predicted molar refractivity (Wildman–Crippen MR) is 71.1 cm³/mol. The van der Waals surface area contributed by atoms with Crippen LogP contribution in [0.1, 0.15) is 31.9 Å². The van der Waals surface area contributed by atoms with Gasteiger partial charge < -0.3 is 9.47 Å². The van der Waals surface area contributed by atoms with E-state index in [9.17, 15) is 0 Å². The summed E-state index contributed by atoms with van der Waals surface area (Å²) in [6.45, 7) is 5.43. The third-order valence-corrected chi connectivity index (χ3v) is 2.74. The largest absolute Gasteiger partial charge is 0.492 e. The van der Waals surface area contributed by atoms with Gasteiger partial charge in [0, 0.05) is 26.0 Å². The van der Waals surface area contributed by atoms with Crippen LogP contribution >= 0.6 is 0 Å². The molecule has 1 heterocycles. The molecule has 0 fully saturated rings. The number of pyridine rings is 1. The molecule has 5 nitrogen and oxygen atoms in total. The summed E-state index contributed by atoms with van der Waals surface area (Å²) in [6.07, 6.45) is 4.41. The van der Waals surface area contributed by atoms with Crippen molar-refractivity contribution in [1.29, 1.82) is 0 Å². The summed E-state index contributed by atoms with van der Waals surface area (Å²) >= 11 is 0. The van der Waals surface area contributed by atoms with Crippen molar-refractivity contribution in [1.82, 2.24) is 10.4 Å². The first-order chi connectivity index (χ1) is 8.71. The molecule has 2 unspecified atom stereocenters. The van der Waals surface area contributed by atoms with E-state index in [-0.39, 0.29) is 6.04 Å². The molecule has 5 heteroatoms. The molecule has 0 radical (unpaired) electrons. The van der Waals surface area contributed by atoms with Gasteiger partial charge in [-0.1, -0.05) is 6.92 Å². The van der Waals surface area contributed by atoms with Gasteiger partial charge in [-0.15, -0.1) is 0 Å². The van der Waals surface area contributed by atoms with E-state index < -0.39 is 0 Å². The molecule has 0 saturated heterocycles. The highest BCUT2D eigenvalue weighted by Gasteiger charge is 2.15. The van der Waals surface area contributed by atoms with Crippen LogP contribution in [0.2, 0.25) is 0 Å². The zero-order chi connectivity index (χ0) is 13.4. The Balaban J connectivity index is 2.71. The molecule has 0 saturated carbocycles. The molecular formula is C13H23N3O2. The molecule has 1 aromatic heterocycles. The fourth-order valence-corrected chi connectivity index (χ4v) is 1.93. The summed E-state index contributed by atoms with van der Waals surface area (Å²) in [4.78, 5) is 4.17. The van der Waals surface area contributed by atoms with E-state index in [2.05, 4.69) is 17.3 Å². The van der Waals surface area contributed by atoms with Gasteiger partial charge >= 0.3 is 0 Å². The second-order valence-corrected chi connectivity index (χ2v) is 4.40. The van der Waals surface area contributed by atoms with Crippen LogP contribution in [-0.2, 0) is 4.74 Å². The Kier molecular flexibility index (Phi) is 6.64. The third-order valence-electron chi connectivity index (χ3n) is 2.74. The van der Waals surface area contributed by atoms with E-state index in [4.69, 9.17) is 15.3 Å². The number of nitrogens with one attached hydrogen (secondary N) is 1. The SMILES string of the molecule is CCOc1cncc(C(CC(C)COC)NN)c1. The zero-order valence-corrected chi connectivity index (χ0v) is 11.3. The number of hydrazine groups is 1. The fourth-order valence-electron chi connectivity index (χ4n) is 1.93. The molecule has 3 N–H and O–H groups in total. The van der Waals surface area contributed by atoms with Gasteiger partial charge in [0.05, 0.1) is 12.8 Å². The van der Waals surface area contributed by atoms with Gasteiger partial charge in [-0.2, -0.15) is 0 Å². The molecule has 0 amide bonds. The molecule has 0 aliphatic rings. The molecule has 0 aliphatic carbocycles. The van der Waals surface area contributed by atoms with Crippen LogP contribution < -0.4 is 16.0 Å². The first-order valence-electron chi connectivity index (χ1n) is 6.24. The second-order valence-electron chi connectivity index (χ2n) is 4.40. The van der Waals surface area contributed by atoms with Crippen molar-refractivity contribution in [3.8, 4) is 5.75 Å². The summed E-state index contributed by atoms with van der Waals surface area (Å²) in [5.41, 5.74) is 3.86. The average molecular weight is 253 g/mol. The number of hydrogen-bond donors (Lipinski definition) is 2. The van der Waals surface area contributed by atoms with E-state index >= 15 is 0 Å². The highest BCUT2D eigenvalue weighted by Crippen LogP contribution is 2.23. The molecule has 2 atom stereocenters. The summed E-state index contributed by atoms with van der Waals surface area (Å²) in [7, 11) is 1.71. The Hall–Kier alpha value is -1.17. The van der Waals surface area contributed by atoms with Gasteiger partial charge in [0.15, 0.2) is 0 Å². The molecule has 0 aliphatic heterocycles. The van der Waals surface area contributed by atoms with Crippen molar-refractivity contribution in [2.75, 3.05) is 20.3 Å². The van der Waals surface area contributed by atoms with Gasteiger partial charge in [0.2, 0.25) is 0 Å². The summed E-state index contributed by atoms with van der Waals surface area (Å²) < 4.78 is 10.6. The lowest BCUT2D eigenvalue weighted by Gasteiger charge is -2.20. The van der Waals surface area contributed by atoms with Gasteiger partial charge in [-0.25, -0.2) is 0 Å². The molecular weight excluding hydrogens is 230 g/mol.